The Kier molecular flexibility index (Phi) is 6.57. The molecule has 0 aliphatic carbocycles. The molecule has 1 amide bonds. The quantitative estimate of drug-likeness (QED) is 0.234. The van der Waals surface area contributed by atoms with Gasteiger partial charge in [0.25, 0.3) is 0 Å². The van der Waals surface area contributed by atoms with Crippen molar-refractivity contribution in [2.75, 3.05) is 10.7 Å². The largest absolute Gasteiger partial charge is 0.333 e. The van der Waals surface area contributed by atoms with Crippen LogP contribution in [0.5, 0.6) is 0 Å². The second-order valence-electron chi connectivity index (χ2n) is 7.34. The van der Waals surface area contributed by atoms with Crippen molar-refractivity contribution in [3.8, 4) is 11.3 Å². The molecule has 0 saturated carbocycles. The lowest BCUT2D eigenvalue weighted by Crippen LogP contribution is -2.31. The number of halogens is 1. The number of hydrogen-bond acceptors (Lipinski definition) is 5. The number of nitrogens with zero attached hydrogens (tertiary/aromatic N) is 3. The maximum absolute atomic E-state index is 13.4. The highest BCUT2D eigenvalue weighted by Gasteiger charge is 2.21. The smallest absolute Gasteiger partial charge is 0.239 e. The maximum atomic E-state index is 13.4. The summed E-state index contributed by atoms with van der Waals surface area (Å²) in [6.45, 7) is 0.466. The summed E-state index contributed by atoms with van der Waals surface area (Å²) in [5, 5.41) is 3.42. The van der Waals surface area contributed by atoms with Crippen molar-refractivity contribution >= 4 is 61.1 Å². The Balaban J connectivity index is 1.38. The van der Waals surface area contributed by atoms with E-state index in [-0.39, 0.29) is 11.7 Å². The van der Waals surface area contributed by atoms with Gasteiger partial charge < -0.3 is 4.98 Å². The molecule has 0 saturated heterocycles. The number of carbonyl (C=O) groups excluding carboxylic acids is 1. The van der Waals surface area contributed by atoms with E-state index in [0.717, 1.165) is 37.5 Å². The number of nitrogens with one attached hydrogen (secondary N) is 1. The predicted octanol–water partition coefficient (Wildman–Crippen LogP) is 6.77. The molecule has 2 heterocycles. The van der Waals surface area contributed by atoms with Crippen LogP contribution in [-0.4, -0.2) is 26.6 Å². The number of thiazole rings is 1. The molecule has 0 atom stereocenters. The molecular formula is C25H19BrN4OS2. The molecule has 0 fully saturated rings. The fraction of sp³-hybridized carbons (Fsp3) is 0.0800. The number of aromatic nitrogens is 3. The first-order valence-electron chi connectivity index (χ1n) is 10.3. The number of para-hydroxylation sites is 2. The number of benzene rings is 3. The Morgan fingerprint density at radius 2 is 1.73 bits per heavy atom. The standard InChI is InChI=1S/C25H19BrN4OS2/c26-19-12-10-18(11-13-19)22-15-33-25(29-22)30(14-17-6-2-1-3-7-17)23(31)16-32-24-27-20-8-4-5-9-21(20)28-24/h1-13,15H,14,16H2,(H,27,28). The molecule has 0 aliphatic heterocycles. The number of H-pyrrole nitrogens is 1. The van der Waals surface area contributed by atoms with Crippen LogP contribution in [0.3, 0.4) is 0 Å². The van der Waals surface area contributed by atoms with Crippen molar-refractivity contribution in [3.05, 3.63) is 94.3 Å². The van der Waals surface area contributed by atoms with E-state index in [1.165, 1.54) is 23.1 Å². The van der Waals surface area contributed by atoms with Gasteiger partial charge in [-0.1, -0.05) is 82.3 Å². The van der Waals surface area contributed by atoms with Gasteiger partial charge >= 0.3 is 0 Å². The molecule has 0 spiro atoms. The van der Waals surface area contributed by atoms with Crippen LogP contribution in [0.4, 0.5) is 5.13 Å². The van der Waals surface area contributed by atoms with Crippen LogP contribution in [-0.2, 0) is 11.3 Å². The van der Waals surface area contributed by atoms with E-state index < -0.39 is 0 Å². The van der Waals surface area contributed by atoms with Gasteiger partial charge in [0.2, 0.25) is 5.91 Å². The second-order valence-corrected chi connectivity index (χ2v) is 10.1. The van der Waals surface area contributed by atoms with Crippen molar-refractivity contribution in [1.82, 2.24) is 15.0 Å². The van der Waals surface area contributed by atoms with Crippen LogP contribution < -0.4 is 4.90 Å². The zero-order valence-corrected chi connectivity index (χ0v) is 20.7. The summed E-state index contributed by atoms with van der Waals surface area (Å²) in [5.41, 5.74) is 4.79. The van der Waals surface area contributed by atoms with Crippen molar-refractivity contribution in [1.29, 1.82) is 0 Å². The lowest BCUT2D eigenvalue weighted by Gasteiger charge is -2.19. The summed E-state index contributed by atoms with van der Waals surface area (Å²) in [6, 6.07) is 25.9. The molecule has 1 N–H and O–H groups in total. The number of fused-ring (bicyclic) bond motifs is 1. The molecule has 0 unspecified atom stereocenters. The van der Waals surface area contributed by atoms with E-state index in [1.54, 1.807) is 4.90 Å². The minimum atomic E-state index is -0.0129. The minimum absolute atomic E-state index is 0.0129. The number of amides is 1. The van der Waals surface area contributed by atoms with Crippen LogP contribution in [0.25, 0.3) is 22.3 Å². The van der Waals surface area contributed by atoms with Gasteiger partial charge in [-0.3, -0.25) is 9.69 Å². The molecule has 3 aromatic carbocycles. The first-order valence-corrected chi connectivity index (χ1v) is 12.9. The van der Waals surface area contributed by atoms with Crippen molar-refractivity contribution in [2.45, 2.75) is 11.7 Å². The lowest BCUT2D eigenvalue weighted by atomic mass is 10.2. The summed E-state index contributed by atoms with van der Waals surface area (Å²) in [6.07, 6.45) is 0. The third kappa shape index (κ3) is 5.19. The van der Waals surface area contributed by atoms with E-state index in [4.69, 9.17) is 4.98 Å². The fourth-order valence-corrected chi connectivity index (χ4v) is 5.25. The van der Waals surface area contributed by atoms with Crippen LogP contribution in [0, 0.1) is 0 Å². The zero-order valence-electron chi connectivity index (χ0n) is 17.4. The Hall–Kier alpha value is -2.94. The summed E-state index contributed by atoms with van der Waals surface area (Å²) < 4.78 is 1.02. The molecule has 164 valence electrons. The van der Waals surface area contributed by atoms with Gasteiger partial charge in [0, 0.05) is 15.4 Å². The Bertz CT molecular complexity index is 1350. The molecular weight excluding hydrogens is 516 g/mol. The van der Waals surface area contributed by atoms with Crippen molar-refractivity contribution in [3.63, 3.8) is 0 Å². The van der Waals surface area contributed by atoms with E-state index in [1.807, 2.05) is 84.2 Å². The van der Waals surface area contributed by atoms with Gasteiger partial charge in [0.05, 0.1) is 29.0 Å². The van der Waals surface area contributed by atoms with E-state index in [9.17, 15) is 4.79 Å². The highest BCUT2D eigenvalue weighted by atomic mass is 79.9. The summed E-state index contributed by atoms with van der Waals surface area (Å²) in [5.74, 6) is 0.251. The van der Waals surface area contributed by atoms with Gasteiger partial charge in [-0.2, -0.15) is 0 Å². The first kappa shape index (κ1) is 21.9. The average Bonchev–Trinajstić information content (AvgIpc) is 3.49. The SMILES string of the molecule is O=C(CSc1nc2ccccc2[nH]1)N(Cc1ccccc1)c1nc(-c2ccc(Br)cc2)cs1. The maximum Gasteiger partial charge on any atom is 0.239 e. The first-order chi connectivity index (χ1) is 16.2. The van der Waals surface area contributed by atoms with Crippen molar-refractivity contribution < 1.29 is 4.79 Å². The van der Waals surface area contributed by atoms with Gasteiger partial charge in [-0.05, 0) is 29.8 Å². The predicted molar refractivity (Wildman–Crippen MR) is 140 cm³/mol. The van der Waals surface area contributed by atoms with E-state index in [0.29, 0.717) is 11.7 Å². The van der Waals surface area contributed by atoms with Gasteiger partial charge in [-0.15, -0.1) is 11.3 Å². The molecule has 0 radical (unpaired) electrons. The summed E-state index contributed by atoms with van der Waals surface area (Å²) in [4.78, 5) is 27.8. The van der Waals surface area contributed by atoms with Crippen LogP contribution >= 0.6 is 39.0 Å². The van der Waals surface area contributed by atoms with Gasteiger partial charge in [0.15, 0.2) is 10.3 Å². The third-order valence-corrected chi connectivity index (χ3v) is 7.30. The molecule has 0 bridgehead atoms. The number of rotatable bonds is 7. The number of thioether (sulfide) groups is 1. The molecule has 8 heteroatoms. The summed E-state index contributed by atoms with van der Waals surface area (Å²) in [7, 11) is 0. The normalized spacial score (nSPS) is 11.1. The number of aromatic amines is 1. The lowest BCUT2D eigenvalue weighted by molar-refractivity contribution is -0.116. The molecule has 5 aromatic rings. The van der Waals surface area contributed by atoms with E-state index >= 15 is 0 Å². The number of anilines is 1. The molecule has 33 heavy (non-hydrogen) atoms. The number of imidazole rings is 1. The van der Waals surface area contributed by atoms with Crippen LogP contribution in [0.1, 0.15) is 5.56 Å². The van der Waals surface area contributed by atoms with Crippen molar-refractivity contribution in [2.24, 2.45) is 0 Å². The average molecular weight is 535 g/mol. The highest BCUT2D eigenvalue weighted by Crippen LogP contribution is 2.30. The Morgan fingerprint density at radius 1 is 0.970 bits per heavy atom. The molecule has 5 nitrogen and oxygen atoms in total. The Morgan fingerprint density at radius 3 is 2.52 bits per heavy atom. The molecule has 5 rings (SSSR count). The Labute approximate surface area is 208 Å². The number of hydrogen-bond donors (Lipinski definition) is 1. The zero-order chi connectivity index (χ0) is 22.6. The molecule has 2 aromatic heterocycles. The van der Waals surface area contributed by atoms with Gasteiger partial charge in [0.1, 0.15) is 0 Å². The summed E-state index contributed by atoms with van der Waals surface area (Å²) >= 11 is 6.36. The highest BCUT2D eigenvalue weighted by molar-refractivity contribution is 9.10. The van der Waals surface area contributed by atoms with Gasteiger partial charge in [-0.25, -0.2) is 9.97 Å². The van der Waals surface area contributed by atoms with Crippen LogP contribution in [0.2, 0.25) is 0 Å². The second kappa shape index (κ2) is 9.91. The van der Waals surface area contributed by atoms with E-state index in [2.05, 4.69) is 25.9 Å². The molecule has 0 aliphatic rings. The fourth-order valence-electron chi connectivity index (χ4n) is 3.38. The third-order valence-electron chi connectivity index (χ3n) is 5.05. The topological polar surface area (TPSA) is 61.9 Å². The minimum Gasteiger partial charge on any atom is -0.333 e. The number of carbonyl (C=O) groups is 1. The van der Waals surface area contributed by atoms with Crippen LogP contribution in [0.15, 0.2) is 93.9 Å². The monoisotopic (exact) mass is 534 g/mol.